The summed E-state index contributed by atoms with van der Waals surface area (Å²) in [6.07, 6.45) is -3.41. The highest BCUT2D eigenvalue weighted by Crippen LogP contribution is 2.39. The molecule has 0 bridgehead atoms. The zero-order valence-electron chi connectivity index (χ0n) is 13.5. The summed E-state index contributed by atoms with van der Waals surface area (Å²) in [5, 5.41) is 18.5. The van der Waals surface area contributed by atoms with Crippen molar-refractivity contribution >= 4 is 12.1 Å². The van der Waals surface area contributed by atoms with Gasteiger partial charge in [0.1, 0.15) is 0 Å². The van der Waals surface area contributed by atoms with Crippen LogP contribution in [0.15, 0.2) is 12.1 Å². The van der Waals surface area contributed by atoms with Crippen molar-refractivity contribution in [2.45, 2.75) is 18.8 Å². The number of benzene rings is 1. The van der Waals surface area contributed by atoms with Crippen molar-refractivity contribution in [3.63, 3.8) is 0 Å². The van der Waals surface area contributed by atoms with Gasteiger partial charge >= 0.3 is 6.16 Å². The largest absolute Gasteiger partial charge is 0.507 e. The Hall–Kier alpha value is -2.68. The molecular formula is C15H19NO8. The summed E-state index contributed by atoms with van der Waals surface area (Å²) in [6, 6.07) is 2.90. The van der Waals surface area contributed by atoms with Crippen LogP contribution in [0.25, 0.3) is 0 Å². The predicted octanol–water partition coefficient (Wildman–Crippen LogP) is 0.940. The Balaban J connectivity index is 2.36. The van der Waals surface area contributed by atoms with E-state index in [1.54, 1.807) is 0 Å². The minimum absolute atomic E-state index is 0.0163. The monoisotopic (exact) mass is 341 g/mol. The molecule has 1 amide bonds. The number of nitrogens with zero attached hydrogens (tertiary/aromatic N) is 1. The van der Waals surface area contributed by atoms with Gasteiger partial charge in [0.25, 0.3) is 5.91 Å². The topological polar surface area (TPSA) is 115 Å². The number of rotatable bonds is 5. The third-order valence-electron chi connectivity index (χ3n) is 3.64. The van der Waals surface area contributed by atoms with E-state index in [0.717, 1.165) is 4.90 Å². The lowest BCUT2D eigenvalue weighted by atomic mass is 10.1. The summed E-state index contributed by atoms with van der Waals surface area (Å²) in [5.41, 5.74) is 0.192. The molecule has 2 atom stereocenters. The molecule has 24 heavy (non-hydrogen) atoms. The lowest BCUT2D eigenvalue weighted by Crippen LogP contribution is -2.38. The second-order valence-electron chi connectivity index (χ2n) is 5.10. The van der Waals surface area contributed by atoms with Crippen LogP contribution in [0.4, 0.5) is 4.79 Å². The molecule has 0 radical (unpaired) electrons. The fourth-order valence-corrected chi connectivity index (χ4v) is 2.59. The molecule has 1 saturated heterocycles. The van der Waals surface area contributed by atoms with Crippen LogP contribution >= 0.6 is 0 Å². The van der Waals surface area contributed by atoms with Gasteiger partial charge in [-0.25, -0.2) is 4.79 Å². The second kappa shape index (κ2) is 7.26. The first-order chi connectivity index (χ1) is 11.4. The number of aliphatic hydroxyl groups excluding tert-OH is 1. The summed E-state index contributed by atoms with van der Waals surface area (Å²) in [5.74, 6) is 0.389. The lowest BCUT2D eigenvalue weighted by Gasteiger charge is -2.23. The number of hydrogen-bond donors (Lipinski definition) is 2. The Morgan fingerprint density at radius 3 is 2.17 bits per heavy atom. The Kier molecular flexibility index (Phi) is 5.35. The highest BCUT2D eigenvalue weighted by molar-refractivity contribution is 5.96. The summed E-state index contributed by atoms with van der Waals surface area (Å²) in [6.45, 7) is -0.0343. The molecule has 9 nitrogen and oxygen atoms in total. The van der Waals surface area contributed by atoms with E-state index >= 15 is 0 Å². The number of methoxy groups -OCH3 is 3. The maximum absolute atomic E-state index is 12.7. The van der Waals surface area contributed by atoms with Crippen LogP contribution in [0.5, 0.6) is 17.2 Å². The SMILES string of the molecule is COc1cc(C(=O)N2C[C@H](O)C[C@H]2OC(=O)O)cc(OC)c1OC. The molecule has 0 unspecified atom stereocenters. The first-order valence-corrected chi connectivity index (χ1v) is 7.09. The zero-order chi connectivity index (χ0) is 17.9. The standard InChI is InChI=1S/C15H19NO8/c1-21-10-4-8(5-11(22-2)13(10)23-3)14(18)16-7-9(17)6-12(16)24-15(19)20/h4-5,9,12,17H,6-7H2,1-3H3,(H,19,20)/t9-,12-/m1/s1. The van der Waals surface area contributed by atoms with Gasteiger partial charge in [0.05, 0.1) is 34.0 Å². The highest BCUT2D eigenvalue weighted by atomic mass is 16.7. The first kappa shape index (κ1) is 17.7. The van der Waals surface area contributed by atoms with Crippen LogP contribution in [-0.2, 0) is 4.74 Å². The number of ether oxygens (including phenoxy) is 4. The average molecular weight is 341 g/mol. The number of hydrogen-bond acceptors (Lipinski definition) is 7. The number of amides is 1. The molecule has 0 aromatic heterocycles. The van der Waals surface area contributed by atoms with Gasteiger partial charge in [-0.2, -0.15) is 0 Å². The number of aliphatic hydroxyl groups is 1. The molecule has 2 rings (SSSR count). The normalized spacial score (nSPS) is 19.8. The van der Waals surface area contributed by atoms with Gasteiger partial charge < -0.3 is 34.1 Å². The zero-order valence-corrected chi connectivity index (χ0v) is 13.5. The molecule has 1 aliphatic rings. The van der Waals surface area contributed by atoms with Gasteiger partial charge in [-0.1, -0.05) is 0 Å². The summed E-state index contributed by atoms with van der Waals surface area (Å²) >= 11 is 0. The summed E-state index contributed by atoms with van der Waals surface area (Å²) in [7, 11) is 4.28. The maximum Gasteiger partial charge on any atom is 0.507 e. The van der Waals surface area contributed by atoms with Crippen LogP contribution in [-0.4, -0.2) is 67.4 Å². The molecule has 9 heteroatoms. The van der Waals surface area contributed by atoms with Gasteiger partial charge in [0.15, 0.2) is 17.7 Å². The maximum atomic E-state index is 12.7. The predicted molar refractivity (Wildman–Crippen MR) is 80.7 cm³/mol. The second-order valence-corrected chi connectivity index (χ2v) is 5.10. The highest BCUT2D eigenvalue weighted by Gasteiger charge is 2.38. The van der Waals surface area contributed by atoms with Crippen LogP contribution in [0.2, 0.25) is 0 Å². The molecule has 2 N–H and O–H groups in total. The number of carbonyl (C=O) groups excluding carboxylic acids is 1. The molecule has 132 valence electrons. The minimum Gasteiger partial charge on any atom is -0.493 e. The Morgan fingerprint density at radius 1 is 1.12 bits per heavy atom. The average Bonchev–Trinajstić information content (AvgIpc) is 2.92. The van der Waals surface area contributed by atoms with E-state index in [-0.39, 0.29) is 30.0 Å². The third-order valence-corrected chi connectivity index (χ3v) is 3.64. The van der Waals surface area contributed by atoms with Gasteiger partial charge in [0, 0.05) is 12.0 Å². The van der Waals surface area contributed by atoms with E-state index in [9.17, 15) is 14.7 Å². The molecule has 0 spiro atoms. The van der Waals surface area contributed by atoms with Crippen molar-refractivity contribution in [3.8, 4) is 17.2 Å². The molecule has 0 aliphatic carbocycles. The van der Waals surface area contributed by atoms with Crippen molar-refractivity contribution in [3.05, 3.63) is 17.7 Å². The van der Waals surface area contributed by atoms with Crippen molar-refractivity contribution in [2.75, 3.05) is 27.9 Å². The van der Waals surface area contributed by atoms with Crippen molar-refractivity contribution < 1.29 is 38.7 Å². The lowest BCUT2D eigenvalue weighted by molar-refractivity contribution is -0.00754. The Bertz CT molecular complexity index is 607. The molecule has 1 aromatic rings. The molecular weight excluding hydrogens is 322 g/mol. The fraction of sp³-hybridized carbons (Fsp3) is 0.467. The fourth-order valence-electron chi connectivity index (χ4n) is 2.59. The van der Waals surface area contributed by atoms with E-state index < -0.39 is 24.4 Å². The Morgan fingerprint density at radius 2 is 1.71 bits per heavy atom. The van der Waals surface area contributed by atoms with Crippen LogP contribution in [0.1, 0.15) is 16.8 Å². The number of carboxylic acid groups (broad SMARTS) is 1. The number of likely N-dealkylation sites (tertiary alicyclic amines) is 1. The van der Waals surface area contributed by atoms with E-state index in [1.807, 2.05) is 0 Å². The van der Waals surface area contributed by atoms with E-state index in [0.29, 0.717) is 5.75 Å². The van der Waals surface area contributed by atoms with Gasteiger partial charge in [-0.3, -0.25) is 4.79 Å². The summed E-state index contributed by atoms with van der Waals surface area (Å²) < 4.78 is 20.2. The number of β-amino-alcohol motifs (C(OH)–C–C–N with tert-alkyl or cyclic N) is 1. The Labute approximate surface area is 138 Å². The van der Waals surface area contributed by atoms with Crippen LogP contribution < -0.4 is 14.2 Å². The number of carbonyl (C=O) groups is 2. The van der Waals surface area contributed by atoms with E-state index in [2.05, 4.69) is 4.74 Å². The third kappa shape index (κ3) is 3.46. The molecule has 1 fully saturated rings. The van der Waals surface area contributed by atoms with Gasteiger partial charge in [-0.15, -0.1) is 0 Å². The van der Waals surface area contributed by atoms with Crippen molar-refractivity contribution in [1.82, 2.24) is 4.90 Å². The molecule has 0 saturated carbocycles. The molecule has 1 aromatic carbocycles. The quantitative estimate of drug-likeness (QED) is 0.761. The van der Waals surface area contributed by atoms with E-state index in [1.165, 1.54) is 33.5 Å². The van der Waals surface area contributed by atoms with Crippen LogP contribution in [0.3, 0.4) is 0 Å². The first-order valence-electron chi connectivity index (χ1n) is 7.09. The molecule has 1 heterocycles. The van der Waals surface area contributed by atoms with Crippen molar-refractivity contribution in [2.24, 2.45) is 0 Å². The van der Waals surface area contributed by atoms with Crippen LogP contribution in [0, 0.1) is 0 Å². The van der Waals surface area contributed by atoms with E-state index in [4.69, 9.17) is 19.3 Å². The minimum atomic E-state index is -1.52. The van der Waals surface area contributed by atoms with Gasteiger partial charge in [0.2, 0.25) is 5.75 Å². The molecule has 1 aliphatic heterocycles. The summed E-state index contributed by atoms with van der Waals surface area (Å²) in [4.78, 5) is 24.6. The smallest absolute Gasteiger partial charge is 0.493 e. The van der Waals surface area contributed by atoms with Crippen molar-refractivity contribution in [1.29, 1.82) is 0 Å². The van der Waals surface area contributed by atoms with Gasteiger partial charge in [-0.05, 0) is 12.1 Å².